The number of carbonyl (C=O) groups excluding carboxylic acids is 1. The Morgan fingerprint density at radius 3 is 2.44 bits per heavy atom. The van der Waals surface area contributed by atoms with E-state index in [2.05, 4.69) is 11.9 Å². The molecule has 0 spiro atoms. The van der Waals surface area contributed by atoms with Gasteiger partial charge in [-0.25, -0.2) is 9.18 Å². The molecule has 4 heteroatoms. The summed E-state index contributed by atoms with van der Waals surface area (Å²) in [5.41, 5.74) is 0.212. The standard InChI is InChI=1S/C14H18FNO2/c1-5-14(3,4)10(2)18-13(17)16-12-8-6-11(15)7-9-12/h6-9H,2,5H2,1,3-4H3,(H,16,17). The summed E-state index contributed by atoms with van der Waals surface area (Å²) in [7, 11) is 0. The molecule has 0 atom stereocenters. The van der Waals surface area contributed by atoms with Crippen molar-refractivity contribution in [2.75, 3.05) is 5.32 Å². The van der Waals surface area contributed by atoms with Crippen LogP contribution in [0.4, 0.5) is 14.9 Å². The predicted octanol–water partition coefficient (Wildman–Crippen LogP) is 4.32. The van der Waals surface area contributed by atoms with Crippen LogP contribution in [-0.4, -0.2) is 6.09 Å². The van der Waals surface area contributed by atoms with E-state index in [4.69, 9.17) is 4.74 Å². The second-order valence-corrected chi connectivity index (χ2v) is 4.68. The van der Waals surface area contributed by atoms with Gasteiger partial charge in [0.2, 0.25) is 0 Å². The first kappa shape index (κ1) is 14.2. The Kier molecular flexibility index (Phi) is 4.48. The maximum Gasteiger partial charge on any atom is 0.416 e. The molecular weight excluding hydrogens is 233 g/mol. The van der Waals surface area contributed by atoms with Crippen LogP contribution in [0, 0.1) is 11.2 Å². The largest absolute Gasteiger partial charge is 0.416 e. The number of nitrogens with one attached hydrogen (secondary N) is 1. The molecule has 1 rings (SSSR count). The topological polar surface area (TPSA) is 38.3 Å². The van der Waals surface area contributed by atoms with Gasteiger partial charge in [-0.1, -0.05) is 27.4 Å². The molecule has 1 aromatic carbocycles. The summed E-state index contributed by atoms with van der Waals surface area (Å²) in [6, 6.07) is 5.45. The van der Waals surface area contributed by atoms with Gasteiger partial charge < -0.3 is 4.74 Å². The minimum absolute atomic E-state index is 0.264. The molecule has 98 valence electrons. The second kappa shape index (κ2) is 5.67. The Hall–Kier alpha value is -1.84. The molecule has 0 aromatic heterocycles. The molecule has 0 saturated carbocycles. The normalized spacial score (nSPS) is 10.9. The first-order chi connectivity index (χ1) is 8.35. The molecule has 1 N–H and O–H groups in total. The lowest BCUT2D eigenvalue weighted by atomic mass is 9.88. The highest BCUT2D eigenvalue weighted by atomic mass is 19.1. The van der Waals surface area contributed by atoms with Gasteiger partial charge in [-0.15, -0.1) is 0 Å². The van der Waals surface area contributed by atoms with Gasteiger partial charge in [0.1, 0.15) is 11.6 Å². The van der Waals surface area contributed by atoms with E-state index in [0.717, 1.165) is 6.42 Å². The minimum atomic E-state index is -0.617. The number of hydrogen-bond donors (Lipinski definition) is 1. The van der Waals surface area contributed by atoms with Crippen LogP contribution in [0.2, 0.25) is 0 Å². The highest BCUT2D eigenvalue weighted by molar-refractivity contribution is 5.85. The van der Waals surface area contributed by atoms with E-state index in [1.54, 1.807) is 0 Å². The van der Waals surface area contributed by atoms with Crippen LogP contribution in [0.15, 0.2) is 36.6 Å². The molecule has 1 amide bonds. The molecule has 3 nitrogen and oxygen atoms in total. The summed E-state index contributed by atoms with van der Waals surface area (Å²) in [5.74, 6) is 0.0510. The maximum absolute atomic E-state index is 12.7. The van der Waals surface area contributed by atoms with Crippen molar-refractivity contribution in [3.8, 4) is 0 Å². The Balaban J connectivity index is 2.57. The first-order valence-electron chi connectivity index (χ1n) is 5.79. The van der Waals surface area contributed by atoms with E-state index in [1.165, 1.54) is 24.3 Å². The van der Waals surface area contributed by atoms with Gasteiger partial charge in [0.05, 0.1) is 0 Å². The van der Waals surface area contributed by atoms with Crippen molar-refractivity contribution in [2.24, 2.45) is 5.41 Å². The van der Waals surface area contributed by atoms with Crippen LogP contribution in [-0.2, 0) is 4.74 Å². The molecule has 0 unspecified atom stereocenters. The lowest BCUT2D eigenvalue weighted by Gasteiger charge is -2.24. The number of benzene rings is 1. The van der Waals surface area contributed by atoms with Crippen LogP contribution in [0.5, 0.6) is 0 Å². The van der Waals surface area contributed by atoms with Crippen molar-refractivity contribution in [1.29, 1.82) is 0 Å². The predicted molar refractivity (Wildman–Crippen MR) is 69.7 cm³/mol. The summed E-state index contributed by atoms with van der Waals surface area (Å²) in [6.07, 6.45) is 0.198. The van der Waals surface area contributed by atoms with Crippen molar-refractivity contribution in [2.45, 2.75) is 27.2 Å². The zero-order chi connectivity index (χ0) is 13.8. The molecule has 0 heterocycles. The number of carbonyl (C=O) groups is 1. The highest BCUT2D eigenvalue weighted by Gasteiger charge is 2.23. The summed E-state index contributed by atoms with van der Waals surface area (Å²) < 4.78 is 17.8. The van der Waals surface area contributed by atoms with E-state index in [-0.39, 0.29) is 11.2 Å². The third-order valence-corrected chi connectivity index (χ3v) is 2.95. The molecule has 0 saturated heterocycles. The van der Waals surface area contributed by atoms with E-state index >= 15 is 0 Å². The lowest BCUT2D eigenvalue weighted by Crippen LogP contribution is -2.21. The Morgan fingerprint density at radius 1 is 1.39 bits per heavy atom. The average Bonchev–Trinajstić information content (AvgIpc) is 2.32. The van der Waals surface area contributed by atoms with Crippen LogP contribution in [0.1, 0.15) is 27.2 Å². The van der Waals surface area contributed by atoms with Crippen molar-refractivity contribution in [3.63, 3.8) is 0 Å². The minimum Gasteiger partial charge on any atom is -0.415 e. The molecule has 0 aliphatic carbocycles. The summed E-state index contributed by atoms with van der Waals surface area (Å²) in [4.78, 5) is 11.6. The molecule has 0 aliphatic heterocycles. The van der Waals surface area contributed by atoms with Gasteiger partial charge >= 0.3 is 6.09 Å². The van der Waals surface area contributed by atoms with E-state index in [0.29, 0.717) is 11.4 Å². The quantitative estimate of drug-likeness (QED) is 0.809. The Morgan fingerprint density at radius 2 is 1.94 bits per heavy atom. The Bertz CT molecular complexity index is 438. The fraction of sp³-hybridized carbons (Fsp3) is 0.357. The number of halogens is 1. The number of rotatable bonds is 4. The molecule has 0 aliphatic rings. The molecule has 0 bridgehead atoms. The number of allylic oxidation sites excluding steroid dienone is 1. The van der Waals surface area contributed by atoms with Gasteiger partial charge in [0.25, 0.3) is 0 Å². The third kappa shape index (κ3) is 3.87. The summed E-state index contributed by atoms with van der Waals surface area (Å²) in [5, 5.41) is 2.51. The smallest absolute Gasteiger partial charge is 0.415 e. The van der Waals surface area contributed by atoms with Crippen LogP contribution < -0.4 is 5.32 Å². The van der Waals surface area contributed by atoms with E-state index in [1.807, 2.05) is 20.8 Å². The van der Waals surface area contributed by atoms with Gasteiger partial charge in [-0.2, -0.15) is 0 Å². The van der Waals surface area contributed by atoms with Crippen molar-refractivity contribution >= 4 is 11.8 Å². The van der Waals surface area contributed by atoms with Gasteiger partial charge in [0, 0.05) is 11.1 Å². The fourth-order valence-electron chi connectivity index (χ4n) is 1.12. The monoisotopic (exact) mass is 251 g/mol. The highest BCUT2D eigenvalue weighted by Crippen LogP contribution is 2.29. The van der Waals surface area contributed by atoms with Crippen molar-refractivity contribution in [1.82, 2.24) is 0 Å². The summed E-state index contributed by atoms with van der Waals surface area (Å²) >= 11 is 0. The van der Waals surface area contributed by atoms with Gasteiger partial charge in [-0.05, 0) is 30.7 Å². The van der Waals surface area contributed by atoms with Gasteiger partial charge in [0.15, 0.2) is 0 Å². The van der Waals surface area contributed by atoms with Gasteiger partial charge in [-0.3, -0.25) is 5.32 Å². The molecule has 1 aromatic rings. The maximum atomic E-state index is 12.7. The fourth-order valence-corrected chi connectivity index (χ4v) is 1.12. The summed E-state index contributed by atoms with van der Waals surface area (Å²) in [6.45, 7) is 9.63. The second-order valence-electron chi connectivity index (χ2n) is 4.68. The van der Waals surface area contributed by atoms with Crippen LogP contribution in [0.25, 0.3) is 0 Å². The van der Waals surface area contributed by atoms with E-state index in [9.17, 15) is 9.18 Å². The average molecular weight is 251 g/mol. The molecular formula is C14H18FNO2. The SMILES string of the molecule is C=C(OC(=O)Nc1ccc(F)cc1)C(C)(C)CC. The number of ether oxygens (including phenoxy) is 1. The van der Waals surface area contributed by atoms with E-state index < -0.39 is 6.09 Å². The number of anilines is 1. The number of hydrogen-bond acceptors (Lipinski definition) is 2. The van der Waals surface area contributed by atoms with Crippen molar-refractivity contribution in [3.05, 3.63) is 42.4 Å². The zero-order valence-corrected chi connectivity index (χ0v) is 10.9. The van der Waals surface area contributed by atoms with Crippen molar-refractivity contribution < 1.29 is 13.9 Å². The third-order valence-electron chi connectivity index (χ3n) is 2.95. The molecule has 0 radical (unpaired) electrons. The number of amides is 1. The van der Waals surface area contributed by atoms with Crippen LogP contribution in [0.3, 0.4) is 0 Å². The molecule has 0 fully saturated rings. The first-order valence-corrected chi connectivity index (χ1v) is 5.79. The van der Waals surface area contributed by atoms with Crippen LogP contribution >= 0.6 is 0 Å². The molecule has 18 heavy (non-hydrogen) atoms. The Labute approximate surface area is 107 Å². The zero-order valence-electron chi connectivity index (χ0n) is 10.9. The lowest BCUT2D eigenvalue weighted by molar-refractivity contribution is 0.163.